The number of nitrogens with zero attached hydrogens (tertiary/aromatic N) is 1. The van der Waals surface area contributed by atoms with E-state index in [1.807, 2.05) is 18.2 Å². The maximum atomic E-state index is 12.3. The Kier molecular flexibility index (Phi) is 6.16. The van der Waals surface area contributed by atoms with E-state index in [2.05, 4.69) is 37.0 Å². The number of nitrogens with one attached hydrogen (secondary N) is 2. The second-order valence-electron chi connectivity index (χ2n) is 5.12. The highest BCUT2D eigenvalue weighted by atomic mass is 79.9. The van der Waals surface area contributed by atoms with Crippen LogP contribution in [0.1, 0.15) is 17.2 Å². The molecule has 2 aromatic rings. The molecule has 0 saturated heterocycles. The summed E-state index contributed by atoms with van der Waals surface area (Å²) in [5, 5.41) is 3.38. The SMILES string of the molecule is Cl.O=S(=O)(NCC1NCCc2ccccc21)c1ccc(Br)cn1. The normalized spacial score (nSPS) is 17.2. The van der Waals surface area contributed by atoms with Crippen molar-refractivity contribution in [2.45, 2.75) is 17.5 Å². The molecule has 0 saturated carbocycles. The van der Waals surface area contributed by atoms with E-state index in [0.717, 1.165) is 23.0 Å². The number of halogens is 2. The van der Waals surface area contributed by atoms with Crippen LogP contribution < -0.4 is 10.0 Å². The first-order valence-electron chi connectivity index (χ1n) is 6.99. The van der Waals surface area contributed by atoms with Crippen molar-refractivity contribution in [3.63, 3.8) is 0 Å². The number of hydrogen-bond donors (Lipinski definition) is 2. The third kappa shape index (κ3) is 4.30. The molecule has 1 unspecified atom stereocenters. The Morgan fingerprint density at radius 3 is 2.78 bits per heavy atom. The van der Waals surface area contributed by atoms with Crippen LogP contribution in [0.5, 0.6) is 0 Å². The Balaban J connectivity index is 0.00000192. The van der Waals surface area contributed by atoms with Gasteiger partial charge in [-0.1, -0.05) is 24.3 Å². The van der Waals surface area contributed by atoms with Gasteiger partial charge in [-0.3, -0.25) is 0 Å². The molecule has 1 aliphatic rings. The number of hydrogen-bond acceptors (Lipinski definition) is 4. The molecule has 1 atom stereocenters. The van der Waals surface area contributed by atoms with Gasteiger partial charge < -0.3 is 5.32 Å². The fourth-order valence-electron chi connectivity index (χ4n) is 2.56. The van der Waals surface area contributed by atoms with Gasteiger partial charge in [0, 0.05) is 23.3 Å². The van der Waals surface area contributed by atoms with Crippen LogP contribution >= 0.6 is 28.3 Å². The minimum Gasteiger partial charge on any atom is -0.308 e. The van der Waals surface area contributed by atoms with E-state index in [1.54, 1.807) is 6.07 Å². The lowest BCUT2D eigenvalue weighted by Crippen LogP contribution is -2.39. The van der Waals surface area contributed by atoms with E-state index in [9.17, 15) is 8.42 Å². The molecule has 2 heterocycles. The molecule has 1 aromatic carbocycles. The molecule has 0 bridgehead atoms. The predicted molar refractivity (Wildman–Crippen MR) is 95.3 cm³/mol. The van der Waals surface area contributed by atoms with Gasteiger partial charge in [-0.2, -0.15) is 0 Å². The van der Waals surface area contributed by atoms with Gasteiger partial charge in [-0.25, -0.2) is 18.1 Å². The molecule has 0 aliphatic carbocycles. The lowest BCUT2D eigenvalue weighted by atomic mass is 9.95. The van der Waals surface area contributed by atoms with Crippen molar-refractivity contribution in [1.82, 2.24) is 15.0 Å². The van der Waals surface area contributed by atoms with Gasteiger partial charge in [-0.15, -0.1) is 12.4 Å². The monoisotopic (exact) mass is 417 g/mol. The summed E-state index contributed by atoms with van der Waals surface area (Å²) in [4.78, 5) is 3.94. The van der Waals surface area contributed by atoms with E-state index in [4.69, 9.17) is 0 Å². The molecular formula is C15H17BrClN3O2S. The van der Waals surface area contributed by atoms with E-state index < -0.39 is 10.0 Å². The molecule has 5 nitrogen and oxygen atoms in total. The van der Waals surface area contributed by atoms with E-state index in [0.29, 0.717) is 6.54 Å². The van der Waals surface area contributed by atoms with Crippen LogP contribution in [0.25, 0.3) is 0 Å². The van der Waals surface area contributed by atoms with Gasteiger partial charge in [0.2, 0.25) is 0 Å². The quantitative estimate of drug-likeness (QED) is 0.800. The Morgan fingerprint density at radius 1 is 1.26 bits per heavy atom. The van der Waals surface area contributed by atoms with Gasteiger partial charge in [0.15, 0.2) is 5.03 Å². The number of aromatic nitrogens is 1. The van der Waals surface area contributed by atoms with E-state index >= 15 is 0 Å². The molecule has 3 rings (SSSR count). The fourth-order valence-corrected chi connectivity index (χ4v) is 3.77. The van der Waals surface area contributed by atoms with Gasteiger partial charge in [-0.05, 0) is 52.2 Å². The summed E-state index contributed by atoms with van der Waals surface area (Å²) in [6.07, 6.45) is 2.44. The van der Waals surface area contributed by atoms with Crippen molar-refractivity contribution in [2.75, 3.05) is 13.1 Å². The largest absolute Gasteiger partial charge is 0.308 e. The number of rotatable bonds is 4. The third-order valence-electron chi connectivity index (χ3n) is 3.67. The van der Waals surface area contributed by atoms with Crippen LogP contribution in [-0.4, -0.2) is 26.5 Å². The average molecular weight is 419 g/mol. The van der Waals surface area contributed by atoms with Crippen LogP contribution in [0.2, 0.25) is 0 Å². The minimum atomic E-state index is -3.60. The highest BCUT2D eigenvalue weighted by molar-refractivity contribution is 9.10. The minimum absolute atomic E-state index is 0. The molecule has 0 radical (unpaired) electrons. The molecule has 2 N–H and O–H groups in total. The standard InChI is InChI=1S/C15H16BrN3O2S.ClH/c16-12-5-6-15(18-9-12)22(20,21)19-10-14-13-4-2-1-3-11(13)7-8-17-14;/h1-6,9,14,17,19H,7-8,10H2;1H. The first-order valence-corrected chi connectivity index (χ1v) is 9.26. The lowest BCUT2D eigenvalue weighted by Gasteiger charge is -2.27. The molecule has 0 amide bonds. The van der Waals surface area contributed by atoms with Crippen molar-refractivity contribution < 1.29 is 8.42 Å². The first kappa shape index (κ1) is 18.4. The van der Waals surface area contributed by atoms with Crippen LogP contribution in [0.4, 0.5) is 0 Å². The van der Waals surface area contributed by atoms with Crippen molar-refractivity contribution in [2.24, 2.45) is 0 Å². The highest BCUT2D eigenvalue weighted by Crippen LogP contribution is 2.22. The van der Waals surface area contributed by atoms with Gasteiger partial charge in [0.05, 0.1) is 0 Å². The van der Waals surface area contributed by atoms with Crippen molar-refractivity contribution in [3.05, 3.63) is 58.2 Å². The van der Waals surface area contributed by atoms with Crippen LogP contribution in [0, 0.1) is 0 Å². The van der Waals surface area contributed by atoms with Gasteiger partial charge in [0.1, 0.15) is 0 Å². The van der Waals surface area contributed by atoms with Gasteiger partial charge in [0.25, 0.3) is 10.0 Å². The zero-order chi connectivity index (χ0) is 15.6. The fraction of sp³-hybridized carbons (Fsp3) is 0.267. The molecule has 124 valence electrons. The smallest absolute Gasteiger partial charge is 0.258 e. The zero-order valence-corrected chi connectivity index (χ0v) is 15.4. The van der Waals surface area contributed by atoms with Crippen LogP contribution in [0.15, 0.2) is 52.1 Å². The van der Waals surface area contributed by atoms with Crippen molar-refractivity contribution in [3.8, 4) is 0 Å². The predicted octanol–water partition coefficient (Wildman–Crippen LogP) is 2.43. The summed E-state index contributed by atoms with van der Waals surface area (Å²) in [5.74, 6) is 0. The average Bonchev–Trinajstić information content (AvgIpc) is 2.53. The summed E-state index contributed by atoms with van der Waals surface area (Å²) < 4.78 is 27.9. The first-order chi connectivity index (χ1) is 10.6. The maximum absolute atomic E-state index is 12.3. The van der Waals surface area contributed by atoms with Crippen molar-refractivity contribution >= 4 is 38.4 Å². The second kappa shape index (κ2) is 7.72. The highest BCUT2D eigenvalue weighted by Gasteiger charge is 2.22. The Hall–Kier alpha value is -0.990. The van der Waals surface area contributed by atoms with Crippen LogP contribution in [-0.2, 0) is 16.4 Å². The topological polar surface area (TPSA) is 71.1 Å². The Morgan fingerprint density at radius 2 is 2.04 bits per heavy atom. The number of fused-ring (bicyclic) bond motifs is 1. The lowest BCUT2D eigenvalue weighted by molar-refractivity contribution is 0.491. The zero-order valence-electron chi connectivity index (χ0n) is 12.2. The van der Waals surface area contributed by atoms with Gasteiger partial charge >= 0.3 is 0 Å². The summed E-state index contributed by atoms with van der Waals surface area (Å²) in [6, 6.07) is 11.2. The summed E-state index contributed by atoms with van der Waals surface area (Å²) in [5.41, 5.74) is 2.42. The number of sulfonamides is 1. The molecule has 0 fully saturated rings. The van der Waals surface area contributed by atoms with E-state index in [1.165, 1.54) is 17.8 Å². The summed E-state index contributed by atoms with van der Waals surface area (Å²) in [7, 11) is -3.60. The molecule has 0 spiro atoms. The van der Waals surface area contributed by atoms with E-state index in [-0.39, 0.29) is 23.5 Å². The molecule has 1 aliphatic heterocycles. The van der Waals surface area contributed by atoms with Crippen molar-refractivity contribution in [1.29, 1.82) is 0 Å². The molecular weight excluding hydrogens is 402 g/mol. The molecule has 23 heavy (non-hydrogen) atoms. The maximum Gasteiger partial charge on any atom is 0.258 e. The Bertz CT molecular complexity index is 769. The molecule has 1 aromatic heterocycles. The summed E-state index contributed by atoms with van der Waals surface area (Å²) in [6.45, 7) is 1.15. The molecule has 8 heteroatoms. The number of benzene rings is 1. The second-order valence-corrected chi connectivity index (χ2v) is 7.75. The third-order valence-corrected chi connectivity index (χ3v) is 5.48. The summed E-state index contributed by atoms with van der Waals surface area (Å²) >= 11 is 3.24. The number of pyridine rings is 1. The Labute approximate surface area is 150 Å². The van der Waals surface area contributed by atoms with Crippen LogP contribution in [0.3, 0.4) is 0 Å².